The van der Waals surface area contributed by atoms with E-state index in [1.54, 1.807) is 0 Å². The van der Waals surface area contributed by atoms with Gasteiger partial charge in [0.05, 0.1) is 0 Å². The normalized spacial score (nSPS) is 9.18. The Morgan fingerprint density at radius 2 is 1.82 bits per heavy atom. The third kappa shape index (κ3) is 1.70. The van der Waals surface area contributed by atoms with Crippen LogP contribution < -0.4 is 0 Å². The first-order chi connectivity index (χ1) is 5.22. The van der Waals surface area contributed by atoms with E-state index in [0.717, 1.165) is 0 Å². The summed E-state index contributed by atoms with van der Waals surface area (Å²) in [4.78, 5) is 25.3. The maximum Gasteiger partial charge on any atom is 0.228 e. The topological polar surface area (TPSA) is 47.0 Å². The van der Waals surface area contributed by atoms with Gasteiger partial charge in [-0.05, 0) is 12.1 Å². The maximum absolute atomic E-state index is 11.0. The van der Waals surface area contributed by atoms with Crippen LogP contribution in [0.2, 0.25) is 0 Å². The molecular weight excluding hydrogens is 142 g/mol. The molecule has 0 saturated carbocycles. The van der Waals surface area contributed by atoms with Crippen LogP contribution >= 0.6 is 0 Å². The summed E-state index contributed by atoms with van der Waals surface area (Å²) in [5.74, 6) is -0.913. The first-order valence-electron chi connectivity index (χ1n) is 3.17. The van der Waals surface area contributed by atoms with Crippen molar-refractivity contribution in [3.63, 3.8) is 0 Å². The molecule has 0 bridgehead atoms. The van der Waals surface area contributed by atoms with E-state index in [0.29, 0.717) is 5.56 Å². The molecule has 0 saturated heterocycles. The van der Waals surface area contributed by atoms with Gasteiger partial charge in [0.15, 0.2) is 5.78 Å². The van der Waals surface area contributed by atoms with E-state index in [1.807, 2.05) is 0 Å². The van der Waals surface area contributed by atoms with Crippen LogP contribution in [0.5, 0.6) is 0 Å². The van der Waals surface area contributed by atoms with E-state index in [2.05, 4.69) is 4.98 Å². The third-order valence-corrected chi connectivity index (χ3v) is 1.26. The zero-order chi connectivity index (χ0) is 8.27. The molecule has 0 amide bonds. The lowest BCUT2D eigenvalue weighted by atomic mass is 10.1. The summed E-state index contributed by atoms with van der Waals surface area (Å²) in [6.45, 7) is 1.25. The number of nitrogens with zero attached hydrogens (tertiary/aromatic N) is 1. The Morgan fingerprint density at radius 3 is 2.27 bits per heavy atom. The van der Waals surface area contributed by atoms with Crippen molar-refractivity contribution in [2.24, 2.45) is 0 Å². The summed E-state index contributed by atoms with van der Waals surface area (Å²) in [6, 6.07) is 3.04. The molecule has 1 heterocycles. The van der Waals surface area contributed by atoms with Crippen LogP contribution in [0.15, 0.2) is 24.5 Å². The van der Waals surface area contributed by atoms with Crippen molar-refractivity contribution in [3.8, 4) is 0 Å². The van der Waals surface area contributed by atoms with E-state index >= 15 is 0 Å². The molecule has 0 N–H and O–H groups in total. The summed E-state index contributed by atoms with van der Waals surface area (Å²) in [6.07, 6.45) is 2.96. The van der Waals surface area contributed by atoms with Gasteiger partial charge < -0.3 is 0 Å². The fraction of sp³-hybridized carbons (Fsp3) is 0.125. The Hall–Kier alpha value is -1.51. The number of ketones is 2. The Labute approximate surface area is 64.1 Å². The smallest absolute Gasteiger partial charge is 0.228 e. The minimum absolute atomic E-state index is 0.396. The highest BCUT2D eigenvalue weighted by molar-refractivity contribution is 6.42. The highest BCUT2D eigenvalue weighted by Crippen LogP contribution is 1.97. The van der Waals surface area contributed by atoms with Crippen molar-refractivity contribution in [1.29, 1.82) is 0 Å². The van der Waals surface area contributed by atoms with Gasteiger partial charge in [0.25, 0.3) is 0 Å². The van der Waals surface area contributed by atoms with Gasteiger partial charge in [-0.25, -0.2) is 0 Å². The standard InChI is InChI=1S/C8H7NO2/c1-6(10)8(11)7-2-4-9-5-3-7/h2-5H,1H3. The molecule has 0 spiro atoms. The quantitative estimate of drug-likeness (QED) is 0.462. The van der Waals surface area contributed by atoms with Gasteiger partial charge >= 0.3 is 0 Å². The molecule has 0 aliphatic rings. The number of carbonyl (C=O) groups excluding carboxylic acids is 2. The van der Waals surface area contributed by atoms with Gasteiger partial charge in [0.1, 0.15) is 0 Å². The second-order valence-electron chi connectivity index (χ2n) is 2.12. The molecule has 0 unspecified atom stereocenters. The first kappa shape index (κ1) is 7.60. The number of pyridine rings is 1. The van der Waals surface area contributed by atoms with E-state index in [9.17, 15) is 9.59 Å². The molecule has 56 valence electrons. The Kier molecular flexibility index (Phi) is 2.11. The summed E-state index contributed by atoms with van der Waals surface area (Å²) in [7, 11) is 0. The SMILES string of the molecule is CC(=O)C(=O)c1ccncc1. The Balaban J connectivity index is 2.95. The number of carbonyl (C=O) groups is 2. The predicted molar refractivity (Wildman–Crippen MR) is 39.2 cm³/mol. The van der Waals surface area contributed by atoms with E-state index < -0.39 is 11.6 Å². The lowest BCUT2D eigenvalue weighted by molar-refractivity contribution is -0.113. The van der Waals surface area contributed by atoms with Crippen LogP contribution in [0.3, 0.4) is 0 Å². The van der Waals surface area contributed by atoms with Crippen LogP contribution in [0.1, 0.15) is 17.3 Å². The number of rotatable bonds is 2. The second kappa shape index (κ2) is 3.05. The minimum Gasteiger partial charge on any atom is -0.291 e. The number of hydrogen-bond donors (Lipinski definition) is 0. The van der Waals surface area contributed by atoms with Crippen molar-refractivity contribution in [3.05, 3.63) is 30.1 Å². The van der Waals surface area contributed by atoms with E-state index in [-0.39, 0.29) is 0 Å². The molecule has 1 aromatic rings. The molecule has 3 nitrogen and oxygen atoms in total. The summed E-state index contributed by atoms with van der Waals surface area (Å²) < 4.78 is 0. The van der Waals surface area contributed by atoms with Gasteiger partial charge in [-0.1, -0.05) is 0 Å². The monoisotopic (exact) mass is 149 g/mol. The first-order valence-corrected chi connectivity index (χ1v) is 3.17. The molecule has 0 aliphatic heterocycles. The van der Waals surface area contributed by atoms with Gasteiger partial charge in [0, 0.05) is 24.9 Å². The molecule has 0 atom stereocenters. The molecule has 1 rings (SSSR count). The molecule has 0 aliphatic carbocycles. The van der Waals surface area contributed by atoms with Gasteiger partial charge in [-0.2, -0.15) is 0 Å². The van der Waals surface area contributed by atoms with Crippen molar-refractivity contribution in [2.45, 2.75) is 6.92 Å². The zero-order valence-electron chi connectivity index (χ0n) is 6.07. The molecule has 0 fully saturated rings. The van der Waals surface area contributed by atoms with Gasteiger partial charge in [-0.3, -0.25) is 14.6 Å². The average Bonchev–Trinajstić information content (AvgIpc) is 2.05. The lowest BCUT2D eigenvalue weighted by Crippen LogP contribution is -2.09. The van der Waals surface area contributed by atoms with Crippen LogP contribution in [0, 0.1) is 0 Å². The number of aromatic nitrogens is 1. The summed E-state index contributed by atoms with van der Waals surface area (Å²) in [5, 5.41) is 0. The second-order valence-corrected chi connectivity index (χ2v) is 2.12. The average molecular weight is 149 g/mol. The molecule has 11 heavy (non-hydrogen) atoms. The molecule has 0 radical (unpaired) electrons. The summed E-state index contributed by atoms with van der Waals surface area (Å²) in [5.41, 5.74) is 0.396. The fourth-order valence-electron chi connectivity index (χ4n) is 0.707. The highest BCUT2D eigenvalue weighted by atomic mass is 16.2. The van der Waals surface area contributed by atoms with E-state index in [4.69, 9.17) is 0 Å². The van der Waals surface area contributed by atoms with Crippen LogP contribution in [0.25, 0.3) is 0 Å². The molecule has 1 aromatic heterocycles. The molecule has 3 heteroatoms. The lowest BCUT2D eigenvalue weighted by Gasteiger charge is -1.92. The van der Waals surface area contributed by atoms with Crippen LogP contribution in [-0.2, 0) is 4.79 Å². The highest BCUT2D eigenvalue weighted by Gasteiger charge is 2.09. The predicted octanol–water partition coefficient (Wildman–Crippen LogP) is 0.853. The van der Waals surface area contributed by atoms with Crippen molar-refractivity contribution < 1.29 is 9.59 Å². The third-order valence-electron chi connectivity index (χ3n) is 1.26. The van der Waals surface area contributed by atoms with Gasteiger partial charge in [0.2, 0.25) is 5.78 Å². The van der Waals surface area contributed by atoms with Crippen molar-refractivity contribution in [2.75, 3.05) is 0 Å². The zero-order valence-corrected chi connectivity index (χ0v) is 6.07. The number of hydrogen-bond acceptors (Lipinski definition) is 3. The largest absolute Gasteiger partial charge is 0.291 e. The van der Waals surface area contributed by atoms with E-state index in [1.165, 1.54) is 31.5 Å². The van der Waals surface area contributed by atoms with Crippen molar-refractivity contribution >= 4 is 11.6 Å². The maximum atomic E-state index is 11.0. The molecular formula is C8H7NO2. The Morgan fingerprint density at radius 1 is 1.27 bits per heavy atom. The molecule has 0 aromatic carbocycles. The summed E-state index contributed by atoms with van der Waals surface area (Å²) >= 11 is 0. The number of Topliss-reactive ketones (excluding diaryl/α,β-unsaturated/α-hetero) is 2. The minimum atomic E-state index is -0.465. The fourth-order valence-corrected chi connectivity index (χ4v) is 0.707. The van der Waals surface area contributed by atoms with Crippen LogP contribution in [0.4, 0.5) is 0 Å². The van der Waals surface area contributed by atoms with Gasteiger partial charge in [-0.15, -0.1) is 0 Å². The van der Waals surface area contributed by atoms with Crippen molar-refractivity contribution in [1.82, 2.24) is 4.98 Å². The van der Waals surface area contributed by atoms with Crippen LogP contribution in [-0.4, -0.2) is 16.6 Å². The Bertz CT molecular complexity index is 279.